The van der Waals surface area contributed by atoms with Crippen LogP contribution in [0.25, 0.3) is 0 Å². The summed E-state index contributed by atoms with van der Waals surface area (Å²) in [7, 11) is 0. The molecular weight excluding hydrogens is 323 g/mol. The maximum atomic E-state index is 12.4. The fourth-order valence-electron chi connectivity index (χ4n) is 3.24. The second kappa shape index (κ2) is 7.13. The molecule has 8 heteroatoms. The minimum atomic E-state index is -4.13. The van der Waals surface area contributed by atoms with E-state index < -0.39 is 12.7 Å². The molecule has 1 aliphatic carbocycles. The number of aromatic nitrogens is 1. The van der Waals surface area contributed by atoms with Crippen LogP contribution in [0, 0.1) is 5.92 Å². The zero-order chi connectivity index (χ0) is 17.2. The second-order valence-electron chi connectivity index (χ2n) is 6.77. The summed E-state index contributed by atoms with van der Waals surface area (Å²) in [5.41, 5.74) is 1.26. The van der Waals surface area contributed by atoms with E-state index in [4.69, 9.17) is 4.52 Å². The summed E-state index contributed by atoms with van der Waals surface area (Å²) in [5.74, 6) is 0.537. The number of alkyl halides is 3. The third kappa shape index (κ3) is 4.72. The number of hydrogen-bond donors (Lipinski definition) is 1. The van der Waals surface area contributed by atoms with Crippen molar-refractivity contribution < 1.29 is 22.5 Å². The van der Waals surface area contributed by atoms with Crippen molar-refractivity contribution in [1.82, 2.24) is 15.4 Å². The molecule has 1 N–H and O–H groups in total. The number of likely N-dealkylation sites (tertiary alicyclic amines) is 1. The van der Waals surface area contributed by atoms with E-state index >= 15 is 0 Å². The van der Waals surface area contributed by atoms with Gasteiger partial charge in [0, 0.05) is 12.5 Å². The van der Waals surface area contributed by atoms with Crippen LogP contribution in [0.2, 0.25) is 0 Å². The first kappa shape index (κ1) is 17.3. The number of nitrogens with zero attached hydrogens (tertiary/aromatic N) is 2. The highest BCUT2D eigenvalue weighted by Crippen LogP contribution is 2.40. The van der Waals surface area contributed by atoms with E-state index in [1.807, 2.05) is 0 Å². The minimum Gasteiger partial charge on any atom is -0.364 e. The highest BCUT2D eigenvalue weighted by Gasteiger charge is 2.33. The SMILES string of the molecule is O=C(NCCC1CCN(CC(F)(F)F)CC1)c1conc1C1CC1. The molecular formula is C16H22F3N3O2. The van der Waals surface area contributed by atoms with Crippen molar-refractivity contribution in [3.05, 3.63) is 17.5 Å². The van der Waals surface area contributed by atoms with Crippen LogP contribution in [0.3, 0.4) is 0 Å². The summed E-state index contributed by atoms with van der Waals surface area (Å²) < 4.78 is 42.0. The van der Waals surface area contributed by atoms with Crippen molar-refractivity contribution in [2.45, 2.75) is 44.2 Å². The highest BCUT2D eigenvalue weighted by atomic mass is 19.4. The van der Waals surface area contributed by atoms with Gasteiger partial charge in [-0.15, -0.1) is 0 Å². The van der Waals surface area contributed by atoms with Crippen LogP contribution in [0.5, 0.6) is 0 Å². The van der Waals surface area contributed by atoms with E-state index in [2.05, 4.69) is 10.5 Å². The lowest BCUT2D eigenvalue weighted by Crippen LogP contribution is -2.40. The van der Waals surface area contributed by atoms with Crippen molar-refractivity contribution in [2.24, 2.45) is 5.92 Å². The van der Waals surface area contributed by atoms with Crippen LogP contribution < -0.4 is 5.32 Å². The Kier molecular flexibility index (Phi) is 5.12. The van der Waals surface area contributed by atoms with Gasteiger partial charge in [0.1, 0.15) is 11.8 Å². The third-order valence-electron chi connectivity index (χ3n) is 4.75. The number of nitrogens with one attached hydrogen (secondary N) is 1. The average molecular weight is 345 g/mol. The smallest absolute Gasteiger partial charge is 0.364 e. The van der Waals surface area contributed by atoms with Gasteiger partial charge in [-0.3, -0.25) is 9.69 Å². The molecule has 134 valence electrons. The summed E-state index contributed by atoms with van der Waals surface area (Å²) in [6.07, 6.45) is 1.62. The number of piperidine rings is 1. The molecule has 0 atom stereocenters. The maximum Gasteiger partial charge on any atom is 0.401 e. The van der Waals surface area contributed by atoms with Gasteiger partial charge in [0.25, 0.3) is 5.91 Å². The van der Waals surface area contributed by atoms with Gasteiger partial charge >= 0.3 is 6.18 Å². The fraction of sp³-hybridized carbons (Fsp3) is 0.750. The van der Waals surface area contributed by atoms with Crippen LogP contribution >= 0.6 is 0 Å². The van der Waals surface area contributed by atoms with Crippen molar-refractivity contribution >= 4 is 5.91 Å². The standard InChI is InChI=1S/C16H22F3N3O2/c17-16(18,19)10-22-7-4-11(5-8-22)3-6-20-15(23)13-9-24-21-14(13)12-1-2-12/h9,11-12H,1-8,10H2,(H,20,23). The summed E-state index contributed by atoms with van der Waals surface area (Å²) in [4.78, 5) is 13.6. The molecule has 1 saturated carbocycles. The molecule has 1 amide bonds. The highest BCUT2D eigenvalue weighted by molar-refractivity contribution is 5.95. The van der Waals surface area contributed by atoms with E-state index in [0.717, 1.165) is 37.8 Å². The molecule has 1 saturated heterocycles. The molecule has 3 rings (SSSR count). The lowest BCUT2D eigenvalue weighted by molar-refractivity contribution is -0.148. The first-order valence-corrected chi connectivity index (χ1v) is 8.44. The fourth-order valence-corrected chi connectivity index (χ4v) is 3.24. The molecule has 2 aliphatic rings. The van der Waals surface area contributed by atoms with Gasteiger partial charge in [-0.2, -0.15) is 13.2 Å². The molecule has 1 aromatic heterocycles. The third-order valence-corrected chi connectivity index (χ3v) is 4.75. The Labute approximate surface area is 138 Å². The van der Waals surface area contributed by atoms with Crippen LogP contribution in [0.15, 0.2) is 10.8 Å². The molecule has 0 spiro atoms. The molecule has 2 fully saturated rings. The lowest BCUT2D eigenvalue weighted by atomic mass is 9.93. The summed E-state index contributed by atoms with van der Waals surface area (Å²) >= 11 is 0. The van der Waals surface area contributed by atoms with Crippen molar-refractivity contribution in [2.75, 3.05) is 26.2 Å². The summed E-state index contributed by atoms with van der Waals surface area (Å²) in [6, 6.07) is 0. The lowest BCUT2D eigenvalue weighted by Gasteiger charge is -2.32. The number of carbonyl (C=O) groups excluding carboxylic acids is 1. The molecule has 2 heterocycles. The minimum absolute atomic E-state index is 0.173. The first-order valence-electron chi connectivity index (χ1n) is 8.44. The zero-order valence-electron chi connectivity index (χ0n) is 13.4. The van der Waals surface area contributed by atoms with Gasteiger partial charge in [-0.25, -0.2) is 0 Å². The molecule has 0 radical (unpaired) electrons. The molecule has 1 aliphatic heterocycles. The molecule has 5 nitrogen and oxygen atoms in total. The number of rotatable bonds is 6. The molecule has 24 heavy (non-hydrogen) atoms. The quantitative estimate of drug-likeness (QED) is 0.861. The van der Waals surface area contributed by atoms with E-state index in [1.165, 1.54) is 11.2 Å². The Morgan fingerprint density at radius 2 is 2.00 bits per heavy atom. The topological polar surface area (TPSA) is 58.4 Å². The van der Waals surface area contributed by atoms with Crippen LogP contribution in [-0.4, -0.2) is 48.3 Å². The van der Waals surface area contributed by atoms with Crippen LogP contribution in [-0.2, 0) is 0 Å². The predicted octanol–water partition coefficient (Wildman–Crippen LogP) is 2.95. The zero-order valence-corrected chi connectivity index (χ0v) is 13.4. The monoisotopic (exact) mass is 345 g/mol. The van der Waals surface area contributed by atoms with Gasteiger partial charge in [0.15, 0.2) is 0 Å². The predicted molar refractivity (Wildman–Crippen MR) is 80.6 cm³/mol. The Hall–Kier alpha value is -1.57. The largest absolute Gasteiger partial charge is 0.401 e. The van der Waals surface area contributed by atoms with E-state index in [-0.39, 0.29) is 5.91 Å². The Bertz CT molecular complexity index is 561. The Balaban J connectivity index is 1.37. The summed E-state index contributed by atoms with van der Waals surface area (Å²) in [5, 5.41) is 6.77. The van der Waals surface area contributed by atoms with Gasteiger partial charge in [0.05, 0.1) is 12.2 Å². The van der Waals surface area contributed by atoms with Crippen LogP contribution in [0.1, 0.15) is 54.1 Å². The van der Waals surface area contributed by atoms with Gasteiger partial charge in [-0.1, -0.05) is 5.16 Å². The Morgan fingerprint density at radius 3 is 2.62 bits per heavy atom. The van der Waals surface area contributed by atoms with E-state index in [1.54, 1.807) is 0 Å². The number of amides is 1. The summed E-state index contributed by atoms with van der Waals surface area (Å²) in [6.45, 7) is 0.636. The van der Waals surface area contributed by atoms with Crippen molar-refractivity contribution in [3.8, 4) is 0 Å². The molecule has 0 unspecified atom stereocenters. The van der Waals surface area contributed by atoms with E-state index in [0.29, 0.717) is 37.0 Å². The molecule has 1 aromatic rings. The normalized spacial score (nSPS) is 20.3. The van der Waals surface area contributed by atoms with Gasteiger partial charge in [-0.05, 0) is 51.1 Å². The van der Waals surface area contributed by atoms with Gasteiger partial charge in [0.2, 0.25) is 0 Å². The van der Waals surface area contributed by atoms with Crippen LogP contribution in [0.4, 0.5) is 13.2 Å². The Morgan fingerprint density at radius 1 is 1.29 bits per heavy atom. The number of halogens is 3. The number of carbonyl (C=O) groups is 1. The average Bonchev–Trinajstić information content (AvgIpc) is 3.24. The van der Waals surface area contributed by atoms with Gasteiger partial charge < -0.3 is 9.84 Å². The second-order valence-corrected chi connectivity index (χ2v) is 6.77. The first-order chi connectivity index (χ1) is 11.4. The van der Waals surface area contributed by atoms with Crippen molar-refractivity contribution in [1.29, 1.82) is 0 Å². The van der Waals surface area contributed by atoms with Crippen molar-refractivity contribution in [3.63, 3.8) is 0 Å². The van der Waals surface area contributed by atoms with E-state index in [9.17, 15) is 18.0 Å². The maximum absolute atomic E-state index is 12.4. The number of hydrogen-bond acceptors (Lipinski definition) is 4. The molecule has 0 aromatic carbocycles. The molecule has 0 bridgehead atoms.